The molecule has 0 bridgehead atoms. The molecule has 1 heterocycles. The number of rotatable bonds is 6. The van der Waals surface area contributed by atoms with Crippen molar-refractivity contribution in [3.8, 4) is 0 Å². The zero-order valence-corrected chi connectivity index (χ0v) is 14.4. The van der Waals surface area contributed by atoms with E-state index in [1.807, 2.05) is 0 Å². The minimum Gasteiger partial charge on any atom is -0.354 e. The van der Waals surface area contributed by atoms with Gasteiger partial charge in [0.15, 0.2) is 0 Å². The Morgan fingerprint density at radius 3 is 2.83 bits per heavy atom. The van der Waals surface area contributed by atoms with E-state index >= 15 is 0 Å². The summed E-state index contributed by atoms with van der Waals surface area (Å²) in [6, 6.07) is 1.99. The zero-order chi connectivity index (χ0) is 16.6. The molecule has 5 heteroatoms. The van der Waals surface area contributed by atoms with Crippen LogP contribution in [0.5, 0.6) is 0 Å². The van der Waals surface area contributed by atoms with Crippen molar-refractivity contribution in [2.45, 2.75) is 70.3 Å². The fraction of sp³-hybridized carbons (Fsp3) is 0.632. The normalized spacial score (nSPS) is 18.8. The van der Waals surface area contributed by atoms with Crippen molar-refractivity contribution >= 4 is 11.9 Å². The van der Waals surface area contributed by atoms with E-state index in [9.17, 15) is 4.79 Å². The van der Waals surface area contributed by atoms with Gasteiger partial charge in [0.25, 0.3) is 5.91 Å². The molecule has 1 fully saturated rings. The lowest BCUT2D eigenvalue weighted by Gasteiger charge is -2.22. The molecule has 2 N–H and O–H groups in total. The average molecular weight is 328 g/mol. The number of nitrogens with one attached hydrogen (secondary N) is 2. The molecule has 2 aliphatic rings. The molecule has 24 heavy (non-hydrogen) atoms. The third-order valence-electron chi connectivity index (χ3n) is 4.94. The van der Waals surface area contributed by atoms with Gasteiger partial charge < -0.3 is 10.6 Å². The standard InChI is InChI=1S/C19H28N4O/c24-18(22-16-9-5-2-6-10-16)17-12-14-21-19(23-17)20-13-11-15-7-3-1-4-8-15/h7,12,14,16H,1-6,8-11,13H2,(H,22,24)(H,20,21,23). The maximum atomic E-state index is 12.3. The molecule has 0 aliphatic heterocycles. The van der Waals surface area contributed by atoms with E-state index in [0.29, 0.717) is 17.7 Å². The average Bonchev–Trinajstić information content (AvgIpc) is 2.64. The highest BCUT2D eigenvalue weighted by Crippen LogP contribution is 2.20. The second-order valence-corrected chi connectivity index (χ2v) is 6.86. The van der Waals surface area contributed by atoms with Crippen LogP contribution >= 0.6 is 0 Å². The Morgan fingerprint density at radius 1 is 1.17 bits per heavy atom. The largest absolute Gasteiger partial charge is 0.354 e. The topological polar surface area (TPSA) is 66.9 Å². The number of carbonyl (C=O) groups excluding carboxylic acids is 1. The first kappa shape index (κ1) is 16.9. The number of hydrogen-bond donors (Lipinski definition) is 2. The smallest absolute Gasteiger partial charge is 0.270 e. The molecule has 0 atom stereocenters. The summed E-state index contributed by atoms with van der Waals surface area (Å²) in [4.78, 5) is 20.9. The van der Waals surface area contributed by atoms with E-state index in [0.717, 1.165) is 25.8 Å². The van der Waals surface area contributed by atoms with Crippen LogP contribution < -0.4 is 10.6 Å². The van der Waals surface area contributed by atoms with Gasteiger partial charge in [0.1, 0.15) is 5.69 Å². The fourth-order valence-electron chi connectivity index (χ4n) is 3.54. The van der Waals surface area contributed by atoms with Gasteiger partial charge in [-0.1, -0.05) is 30.9 Å². The number of amides is 1. The highest BCUT2D eigenvalue weighted by atomic mass is 16.1. The number of nitrogens with zero attached hydrogens (tertiary/aromatic N) is 2. The molecular weight excluding hydrogens is 300 g/mol. The summed E-state index contributed by atoms with van der Waals surface area (Å²) in [6.45, 7) is 0.819. The lowest BCUT2D eigenvalue weighted by Crippen LogP contribution is -2.36. The summed E-state index contributed by atoms with van der Waals surface area (Å²) >= 11 is 0. The highest BCUT2D eigenvalue weighted by Gasteiger charge is 2.17. The van der Waals surface area contributed by atoms with E-state index in [1.54, 1.807) is 12.3 Å². The molecule has 1 saturated carbocycles. The second kappa shape index (κ2) is 8.81. The molecule has 0 saturated heterocycles. The monoisotopic (exact) mass is 328 g/mol. The summed E-state index contributed by atoms with van der Waals surface area (Å²) in [5, 5.41) is 6.35. The Labute approximate surface area is 144 Å². The van der Waals surface area contributed by atoms with Crippen LogP contribution in [0.1, 0.15) is 74.7 Å². The van der Waals surface area contributed by atoms with Gasteiger partial charge in [-0.25, -0.2) is 9.97 Å². The van der Waals surface area contributed by atoms with Crippen LogP contribution in [0, 0.1) is 0 Å². The summed E-state index contributed by atoms with van der Waals surface area (Å²) < 4.78 is 0. The molecule has 0 radical (unpaired) electrons. The van der Waals surface area contributed by atoms with Gasteiger partial charge in [-0.3, -0.25) is 4.79 Å². The molecule has 0 spiro atoms. The highest BCUT2D eigenvalue weighted by molar-refractivity contribution is 5.92. The molecule has 1 aromatic rings. The van der Waals surface area contributed by atoms with Crippen molar-refractivity contribution in [1.29, 1.82) is 0 Å². The predicted molar refractivity (Wildman–Crippen MR) is 96.0 cm³/mol. The van der Waals surface area contributed by atoms with Gasteiger partial charge in [-0.15, -0.1) is 0 Å². The van der Waals surface area contributed by atoms with E-state index in [2.05, 4.69) is 26.7 Å². The van der Waals surface area contributed by atoms with Gasteiger partial charge in [-0.2, -0.15) is 0 Å². The third kappa shape index (κ3) is 5.05. The lowest BCUT2D eigenvalue weighted by molar-refractivity contribution is 0.0922. The van der Waals surface area contributed by atoms with Crippen molar-refractivity contribution in [3.05, 3.63) is 29.6 Å². The molecule has 130 valence electrons. The van der Waals surface area contributed by atoms with E-state index in [1.165, 1.54) is 50.5 Å². The quantitative estimate of drug-likeness (QED) is 0.779. The summed E-state index contributed by atoms with van der Waals surface area (Å²) in [5.41, 5.74) is 1.98. The van der Waals surface area contributed by atoms with Crippen LogP contribution in [0.2, 0.25) is 0 Å². The van der Waals surface area contributed by atoms with Crippen molar-refractivity contribution < 1.29 is 4.79 Å². The number of aromatic nitrogens is 2. The minimum absolute atomic E-state index is 0.0812. The Morgan fingerprint density at radius 2 is 2.04 bits per heavy atom. The number of hydrogen-bond acceptors (Lipinski definition) is 4. The van der Waals surface area contributed by atoms with Crippen molar-refractivity contribution in [2.24, 2.45) is 0 Å². The molecule has 3 rings (SSSR count). The SMILES string of the molecule is O=C(NC1CCCCC1)c1ccnc(NCCC2=CCCCC2)n1. The first-order valence-corrected chi connectivity index (χ1v) is 9.37. The Kier molecular flexibility index (Phi) is 6.21. The molecular formula is C19H28N4O. The number of carbonyl (C=O) groups is 1. The first-order chi connectivity index (χ1) is 11.8. The van der Waals surface area contributed by atoms with Gasteiger partial charge in [-0.05, 0) is 51.0 Å². The molecule has 2 aliphatic carbocycles. The van der Waals surface area contributed by atoms with Crippen molar-refractivity contribution in [3.63, 3.8) is 0 Å². The third-order valence-corrected chi connectivity index (χ3v) is 4.94. The van der Waals surface area contributed by atoms with Crippen LogP contribution in [-0.4, -0.2) is 28.5 Å². The van der Waals surface area contributed by atoms with E-state index in [4.69, 9.17) is 0 Å². The van der Waals surface area contributed by atoms with Gasteiger partial charge in [0, 0.05) is 18.8 Å². The van der Waals surface area contributed by atoms with Crippen LogP contribution in [-0.2, 0) is 0 Å². The Balaban J connectivity index is 1.49. The van der Waals surface area contributed by atoms with Crippen LogP contribution in [0.25, 0.3) is 0 Å². The zero-order valence-electron chi connectivity index (χ0n) is 14.4. The van der Waals surface area contributed by atoms with Gasteiger partial charge >= 0.3 is 0 Å². The van der Waals surface area contributed by atoms with E-state index in [-0.39, 0.29) is 5.91 Å². The Bertz CT molecular complexity index is 578. The van der Waals surface area contributed by atoms with Gasteiger partial charge in [0.05, 0.1) is 0 Å². The summed E-state index contributed by atoms with van der Waals surface area (Å²) in [7, 11) is 0. The maximum Gasteiger partial charge on any atom is 0.270 e. The summed E-state index contributed by atoms with van der Waals surface area (Å²) in [6.07, 6.45) is 16.0. The number of anilines is 1. The molecule has 0 unspecified atom stereocenters. The van der Waals surface area contributed by atoms with Crippen molar-refractivity contribution in [1.82, 2.24) is 15.3 Å². The maximum absolute atomic E-state index is 12.3. The predicted octanol–water partition coefficient (Wildman–Crippen LogP) is 3.84. The number of allylic oxidation sites excluding steroid dienone is 1. The van der Waals surface area contributed by atoms with Gasteiger partial charge in [0.2, 0.25) is 5.95 Å². The van der Waals surface area contributed by atoms with E-state index < -0.39 is 0 Å². The molecule has 1 aromatic heterocycles. The lowest BCUT2D eigenvalue weighted by atomic mass is 9.95. The first-order valence-electron chi connectivity index (χ1n) is 9.37. The molecule has 1 amide bonds. The Hall–Kier alpha value is -1.91. The van der Waals surface area contributed by atoms with Crippen LogP contribution in [0.4, 0.5) is 5.95 Å². The second-order valence-electron chi connectivity index (χ2n) is 6.86. The minimum atomic E-state index is -0.0812. The fourth-order valence-corrected chi connectivity index (χ4v) is 3.54. The molecule has 0 aromatic carbocycles. The van der Waals surface area contributed by atoms with Crippen LogP contribution in [0.15, 0.2) is 23.9 Å². The molecule has 5 nitrogen and oxygen atoms in total. The van der Waals surface area contributed by atoms with Crippen LogP contribution in [0.3, 0.4) is 0 Å². The summed E-state index contributed by atoms with van der Waals surface area (Å²) in [5.74, 6) is 0.463. The van der Waals surface area contributed by atoms with Crippen molar-refractivity contribution in [2.75, 3.05) is 11.9 Å².